The van der Waals surface area contributed by atoms with Gasteiger partial charge in [0.05, 0.1) is 25.2 Å². The number of hydrogen-bond acceptors (Lipinski definition) is 7. The van der Waals surface area contributed by atoms with Crippen LogP contribution in [0.2, 0.25) is 0 Å². The standard InChI is InChI=1S/C30H37N5O4S/c1-6-22(19-10-8-7-9-11-19)33-26-28(37)35-21(15-31-26)12-13-23(35)27(36)32-18(2)24-14-20-16-34(17-25(20)40-24)29(38)39-30(3,4)5/h7-11,14-15,18,22-23H,6,12-13,16-17H2,1-5H3,(H,31,33)(H,32,36)/t18?,22-,23+/m1/s1. The van der Waals surface area contributed by atoms with Crippen molar-refractivity contribution in [3.05, 3.63) is 79.5 Å². The van der Waals surface area contributed by atoms with Crippen LogP contribution in [0, 0.1) is 0 Å². The van der Waals surface area contributed by atoms with Gasteiger partial charge in [-0.2, -0.15) is 0 Å². The number of anilines is 1. The van der Waals surface area contributed by atoms with Gasteiger partial charge in [-0.05, 0) is 64.2 Å². The summed E-state index contributed by atoms with van der Waals surface area (Å²) >= 11 is 1.60. The van der Waals surface area contributed by atoms with E-state index < -0.39 is 11.6 Å². The summed E-state index contributed by atoms with van der Waals surface area (Å²) in [6, 6.07) is 11.2. The topological polar surface area (TPSA) is 106 Å². The highest BCUT2D eigenvalue weighted by atomic mass is 32.1. The molecule has 40 heavy (non-hydrogen) atoms. The molecule has 0 fully saturated rings. The number of hydrogen-bond donors (Lipinski definition) is 2. The van der Waals surface area contributed by atoms with Gasteiger partial charge in [-0.25, -0.2) is 9.78 Å². The van der Waals surface area contributed by atoms with Crippen LogP contribution >= 0.6 is 11.3 Å². The minimum absolute atomic E-state index is 0.0548. The van der Waals surface area contributed by atoms with Crippen molar-refractivity contribution < 1.29 is 14.3 Å². The fourth-order valence-electron chi connectivity index (χ4n) is 5.30. The van der Waals surface area contributed by atoms with Crippen LogP contribution in [0.1, 0.15) is 92.2 Å². The second kappa shape index (κ2) is 11.1. The Hall–Kier alpha value is -3.66. The number of rotatable bonds is 7. The summed E-state index contributed by atoms with van der Waals surface area (Å²) in [6.07, 6.45) is 3.35. The first kappa shape index (κ1) is 27.9. The van der Waals surface area contributed by atoms with E-state index in [0.717, 1.165) is 33.0 Å². The molecule has 3 atom stereocenters. The first-order valence-corrected chi connectivity index (χ1v) is 14.7. The Morgan fingerprint density at radius 1 is 1.20 bits per heavy atom. The lowest BCUT2D eigenvalue weighted by Crippen LogP contribution is -2.37. The lowest BCUT2D eigenvalue weighted by Gasteiger charge is -2.24. The summed E-state index contributed by atoms with van der Waals surface area (Å²) in [7, 11) is 0. The third kappa shape index (κ3) is 5.77. The number of nitrogens with one attached hydrogen (secondary N) is 2. The van der Waals surface area contributed by atoms with Crippen molar-refractivity contribution in [1.82, 2.24) is 19.8 Å². The van der Waals surface area contributed by atoms with Crippen LogP contribution in [-0.2, 0) is 29.0 Å². The van der Waals surface area contributed by atoms with Crippen molar-refractivity contribution in [2.75, 3.05) is 5.32 Å². The molecule has 2 aliphatic heterocycles. The molecule has 0 aliphatic carbocycles. The average molecular weight is 564 g/mol. The first-order valence-electron chi connectivity index (χ1n) is 13.9. The number of nitrogens with zero attached hydrogens (tertiary/aromatic N) is 3. The molecular weight excluding hydrogens is 526 g/mol. The highest BCUT2D eigenvalue weighted by Gasteiger charge is 2.33. The van der Waals surface area contributed by atoms with Crippen LogP contribution < -0.4 is 16.2 Å². The predicted octanol–water partition coefficient (Wildman–Crippen LogP) is 5.48. The highest BCUT2D eigenvalue weighted by Crippen LogP contribution is 2.35. The summed E-state index contributed by atoms with van der Waals surface area (Å²) < 4.78 is 7.10. The van der Waals surface area contributed by atoms with E-state index in [1.165, 1.54) is 0 Å². The zero-order chi connectivity index (χ0) is 28.6. The molecule has 0 saturated heterocycles. The van der Waals surface area contributed by atoms with Crippen LogP contribution in [0.5, 0.6) is 0 Å². The van der Waals surface area contributed by atoms with Crippen molar-refractivity contribution in [2.24, 2.45) is 0 Å². The van der Waals surface area contributed by atoms with Crippen LogP contribution in [0.25, 0.3) is 0 Å². The van der Waals surface area contributed by atoms with Gasteiger partial charge in [0, 0.05) is 21.6 Å². The van der Waals surface area contributed by atoms with Gasteiger partial charge < -0.3 is 15.4 Å². The van der Waals surface area contributed by atoms with E-state index in [0.29, 0.717) is 25.9 Å². The Balaban J connectivity index is 1.26. The van der Waals surface area contributed by atoms with E-state index in [1.807, 2.05) is 58.0 Å². The first-order chi connectivity index (χ1) is 19.0. The predicted molar refractivity (Wildman–Crippen MR) is 155 cm³/mol. The van der Waals surface area contributed by atoms with E-state index in [1.54, 1.807) is 27.0 Å². The number of aromatic nitrogens is 2. The third-order valence-electron chi connectivity index (χ3n) is 7.33. The van der Waals surface area contributed by atoms with Crippen molar-refractivity contribution >= 4 is 29.2 Å². The van der Waals surface area contributed by atoms with Gasteiger partial charge in [-0.1, -0.05) is 37.3 Å². The van der Waals surface area contributed by atoms with Crippen LogP contribution in [0.4, 0.5) is 10.6 Å². The molecule has 4 heterocycles. The van der Waals surface area contributed by atoms with Crippen molar-refractivity contribution in [1.29, 1.82) is 0 Å². The average Bonchev–Trinajstić information content (AvgIpc) is 3.62. The van der Waals surface area contributed by atoms with Gasteiger partial charge in [-0.3, -0.25) is 19.1 Å². The molecule has 10 heteroatoms. The smallest absolute Gasteiger partial charge is 0.410 e. The van der Waals surface area contributed by atoms with Crippen LogP contribution in [0.3, 0.4) is 0 Å². The quantitative estimate of drug-likeness (QED) is 0.394. The Morgan fingerprint density at radius 3 is 2.62 bits per heavy atom. The van der Waals surface area contributed by atoms with Gasteiger partial charge in [0.1, 0.15) is 11.6 Å². The number of fused-ring (bicyclic) bond motifs is 2. The summed E-state index contributed by atoms with van der Waals surface area (Å²) in [4.78, 5) is 47.6. The van der Waals surface area contributed by atoms with Crippen LogP contribution in [0.15, 0.2) is 47.4 Å². The molecule has 1 aromatic carbocycles. The molecule has 3 aromatic rings. The normalized spacial score (nSPS) is 17.6. The number of ether oxygens (including phenoxy) is 1. The fourth-order valence-corrected chi connectivity index (χ4v) is 6.50. The number of benzene rings is 1. The third-order valence-corrected chi connectivity index (χ3v) is 8.68. The molecule has 2 amide bonds. The van der Waals surface area contributed by atoms with E-state index >= 15 is 0 Å². The van der Waals surface area contributed by atoms with Crippen molar-refractivity contribution in [3.8, 4) is 0 Å². The van der Waals surface area contributed by atoms with Gasteiger partial charge in [0.2, 0.25) is 5.91 Å². The zero-order valence-corrected chi connectivity index (χ0v) is 24.5. The van der Waals surface area contributed by atoms with Gasteiger partial charge >= 0.3 is 6.09 Å². The largest absolute Gasteiger partial charge is 0.444 e. The molecule has 0 spiro atoms. The second-order valence-electron chi connectivity index (χ2n) is 11.5. The fraction of sp³-hybridized carbons (Fsp3) is 0.467. The molecule has 0 radical (unpaired) electrons. The molecule has 2 aliphatic rings. The molecule has 2 N–H and O–H groups in total. The van der Waals surface area contributed by atoms with Gasteiger partial charge in [-0.15, -0.1) is 11.3 Å². The summed E-state index contributed by atoms with van der Waals surface area (Å²) in [6.45, 7) is 10.6. The number of aryl methyl sites for hydroxylation is 1. The Bertz CT molecular complexity index is 1440. The molecule has 0 bridgehead atoms. The lowest BCUT2D eigenvalue weighted by atomic mass is 10.0. The maximum Gasteiger partial charge on any atom is 0.410 e. The molecular formula is C30H37N5O4S. The molecule has 9 nitrogen and oxygen atoms in total. The number of carbonyl (C=O) groups excluding carboxylic acids is 2. The number of carbonyl (C=O) groups is 2. The van der Waals surface area contributed by atoms with Crippen molar-refractivity contribution in [2.45, 2.75) is 90.7 Å². The lowest BCUT2D eigenvalue weighted by molar-refractivity contribution is -0.124. The highest BCUT2D eigenvalue weighted by molar-refractivity contribution is 7.12. The summed E-state index contributed by atoms with van der Waals surface area (Å²) in [5.41, 5.74) is 2.13. The van der Waals surface area contributed by atoms with E-state index in [9.17, 15) is 14.4 Å². The monoisotopic (exact) mass is 563 g/mol. The van der Waals surface area contributed by atoms with E-state index in [2.05, 4.69) is 28.6 Å². The Labute approximate surface area is 238 Å². The Morgan fingerprint density at radius 2 is 1.95 bits per heavy atom. The molecule has 5 rings (SSSR count). The van der Waals surface area contributed by atoms with Crippen LogP contribution in [-0.4, -0.2) is 32.1 Å². The van der Waals surface area contributed by atoms with Gasteiger partial charge in [0.25, 0.3) is 5.56 Å². The van der Waals surface area contributed by atoms with E-state index in [-0.39, 0.29) is 35.5 Å². The SMILES string of the molecule is CC[C@@H](Nc1ncc2n(c1=O)[C@H](C(=O)NC(C)c1cc3c(s1)CN(C(=O)OC(C)(C)C)C3)CC2)c1ccccc1. The minimum atomic E-state index is -0.584. The molecule has 0 saturated carbocycles. The van der Waals surface area contributed by atoms with Gasteiger partial charge in [0.15, 0.2) is 5.82 Å². The van der Waals surface area contributed by atoms with Crippen molar-refractivity contribution in [3.63, 3.8) is 0 Å². The zero-order valence-electron chi connectivity index (χ0n) is 23.7. The minimum Gasteiger partial charge on any atom is -0.444 e. The molecule has 212 valence electrons. The maximum atomic E-state index is 13.5. The Kier molecular flexibility index (Phi) is 7.72. The number of amides is 2. The molecule has 2 aromatic heterocycles. The second-order valence-corrected chi connectivity index (χ2v) is 12.7. The van der Waals surface area contributed by atoms with E-state index in [4.69, 9.17) is 4.74 Å². The molecule has 1 unspecified atom stereocenters. The number of thiophene rings is 1. The summed E-state index contributed by atoms with van der Waals surface area (Å²) in [5, 5.41) is 6.43. The summed E-state index contributed by atoms with van der Waals surface area (Å²) in [5.74, 6) is 0.0842. The maximum absolute atomic E-state index is 13.5.